The first-order chi connectivity index (χ1) is 21.7. The van der Waals surface area contributed by atoms with Gasteiger partial charge in [-0.3, -0.25) is 4.79 Å². The summed E-state index contributed by atoms with van der Waals surface area (Å²) < 4.78 is 72.4. The molecule has 0 radical (unpaired) electrons. The third-order valence-corrected chi connectivity index (χ3v) is 7.72. The number of Topliss-reactive ketones (excluding diaryl/α,β-unsaturated/α-hetero) is 1. The molecule has 0 aliphatic carbocycles. The summed E-state index contributed by atoms with van der Waals surface area (Å²) in [6.45, 7) is 5.85. The fourth-order valence-corrected chi connectivity index (χ4v) is 5.06. The van der Waals surface area contributed by atoms with Gasteiger partial charge in [0.1, 0.15) is 18.3 Å². The summed E-state index contributed by atoms with van der Waals surface area (Å²) in [5.74, 6) is -3.48. The van der Waals surface area contributed by atoms with Crippen LogP contribution >= 0.6 is 0 Å². The first-order valence-electron chi connectivity index (χ1n) is 16.2. The maximum atomic E-state index is 14.8. The van der Waals surface area contributed by atoms with Gasteiger partial charge in [-0.05, 0) is 73.2 Å². The molecule has 3 rings (SSSR count). The fraction of sp³-hybridized carbons (Fsp3) is 0.486. The Hall–Kier alpha value is -3.39. The summed E-state index contributed by atoms with van der Waals surface area (Å²) in [6.07, 6.45) is 3.62. The van der Waals surface area contributed by atoms with Crippen molar-refractivity contribution in [3.05, 3.63) is 83.7 Å². The first kappa shape index (κ1) is 36.1. The number of hydrogen-bond donors (Lipinski definition) is 0. The third-order valence-electron chi connectivity index (χ3n) is 7.72. The number of ketones is 1. The van der Waals surface area contributed by atoms with Gasteiger partial charge in [-0.25, -0.2) is 4.39 Å². The van der Waals surface area contributed by atoms with E-state index < -0.39 is 23.7 Å². The molecular formula is C37H46F4O4. The molecule has 246 valence electrons. The number of carbonyl (C=O) groups excluding carboxylic acids is 1. The molecule has 0 aliphatic rings. The molecule has 0 bridgehead atoms. The zero-order valence-corrected chi connectivity index (χ0v) is 26.5. The zero-order valence-electron chi connectivity index (χ0n) is 26.5. The standard InChI is InChI=1S/C37H46F4O4/c1-3-5-6-7-8-12-25-44-32-21-18-30(19-22-32)29-16-14-28(15-17-29)27-45-35-23-20-31(26-34(35)38)36(42)33(37(39,40)41)13-10-9-11-24-43-4-2/h14-23,26,33H,3-13,24-25,27H2,1-2H3. The second kappa shape index (κ2) is 19.2. The highest BCUT2D eigenvalue weighted by atomic mass is 19.4. The molecule has 3 aromatic carbocycles. The Morgan fingerprint density at radius 1 is 0.733 bits per heavy atom. The molecule has 45 heavy (non-hydrogen) atoms. The topological polar surface area (TPSA) is 44.8 Å². The van der Waals surface area contributed by atoms with Crippen LogP contribution in [0.15, 0.2) is 66.7 Å². The molecule has 0 saturated heterocycles. The Kier molecular flexibility index (Phi) is 15.4. The first-order valence-corrected chi connectivity index (χ1v) is 16.2. The van der Waals surface area contributed by atoms with Gasteiger partial charge in [0, 0.05) is 18.8 Å². The van der Waals surface area contributed by atoms with Gasteiger partial charge in [-0.2, -0.15) is 13.2 Å². The highest BCUT2D eigenvalue weighted by Gasteiger charge is 2.44. The van der Waals surface area contributed by atoms with Crippen molar-refractivity contribution in [2.75, 3.05) is 19.8 Å². The lowest BCUT2D eigenvalue weighted by Crippen LogP contribution is -2.31. The van der Waals surface area contributed by atoms with E-state index in [-0.39, 0.29) is 30.8 Å². The minimum Gasteiger partial charge on any atom is -0.494 e. The number of rotatable bonds is 21. The van der Waals surface area contributed by atoms with Gasteiger partial charge < -0.3 is 14.2 Å². The molecule has 8 heteroatoms. The van der Waals surface area contributed by atoms with Crippen molar-refractivity contribution in [3.63, 3.8) is 0 Å². The molecule has 4 nitrogen and oxygen atoms in total. The normalized spacial score (nSPS) is 12.2. The summed E-state index contributed by atoms with van der Waals surface area (Å²) >= 11 is 0. The highest BCUT2D eigenvalue weighted by Crippen LogP contribution is 2.34. The van der Waals surface area contributed by atoms with E-state index in [2.05, 4.69) is 6.92 Å². The highest BCUT2D eigenvalue weighted by molar-refractivity contribution is 5.98. The Morgan fingerprint density at radius 2 is 1.36 bits per heavy atom. The monoisotopic (exact) mass is 630 g/mol. The van der Waals surface area contributed by atoms with E-state index in [1.165, 1.54) is 44.2 Å². The number of halogens is 4. The Bertz CT molecular complexity index is 1270. The van der Waals surface area contributed by atoms with Crippen molar-refractivity contribution < 1.29 is 36.6 Å². The molecule has 3 aromatic rings. The van der Waals surface area contributed by atoms with Crippen molar-refractivity contribution in [1.82, 2.24) is 0 Å². The molecule has 0 saturated carbocycles. The van der Waals surface area contributed by atoms with Gasteiger partial charge in [0.05, 0.1) is 6.61 Å². The Balaban J connectivity index is 1.49. The molecule has 0 amide bonds. The van der Waals surface area contributed by atoms with Gasteiger partial charge >= 0.3 is 6.18 Å². The summed E-state index contributed by atoms with van der Waals surface area (Å²) in [4.78, 5) is 12.7. The second-order valence-corrected chi connectivity index (χ2v) is 11.3. The van der Waals surface area contributed by atoms with E-state index in [0.717, 1.165) is 34.9 Å². The van der Waals surface area contributed by atoms with Crippen molar-refractivity contribution in [1.29, 1.82) is 0 Å². The van der Waals surface area contributed by atoms with Crippen molar-refractivity contribution in [2.45, 2.75) is 90.8 Å². The van der Waals surface area contributed by atoms with Crippen LogP contribution in [0.1, 0.15) is 94.0 Å². The molecule has 0 heterocycles. The summed E-state index contributed by atoms with van der Waals surface area (Å²) in [7, 11) is 0. The lowest BCUT2D eigenvalue weighted by Gasteiger charge is -2.19. The molecule has 0 spiro atoms. The van der Waals surface area contributed by atoms with Crippen LogP contribution in [0.3, 0.4) is 0 Å². The van der Waals surface area contributed by atoms with Gasteiger partial charge in [-0.15, -0.1) is 0 Å². The predicted octanol–water partition coefficient (Wildman–Crippen LogP) is 10.8. The number of alkyl halides is 3. The minimum absolute atomic E-state index is 0.0582. The van der Waals surface area contributed by atoms with E-state index >= 15 is 0 Å². The van der Waals surface area contributed by atoms with Crippen LogP contribution in [-0.4, -0.2) is 31.8 Å². The van der Waals surface area contributed by atoms with Crippen molar-refractivity contribution in [3.8, 4) is 22.6 Å². The number of ether oxygens (including phenoxy) is 3. The van der Waals surface area contributed by atoms with Crippen LogP contribution in [0.5, 0.6) is 11.5 Å². The van der Waals surface area contributed by atoms with Gasteiger partial charge in [0.25, 0.3) is 0 Å². The molecule has 0 fully saturated rings. The quantitative estimate of drug-likeness (QED) is 0.0667. The molecule has 1 unspecified atom stereocenters. The van der Waals surface area contributed by atoms with Gasteiger partial charge in [-0.1, -0.05) is 88.3 Å². The van der Waals surface area contributed by atoms with Crippen molar-refractivity contribution in [2.24, 2.45) is 5.92 Å². The lowest BCUT2D eigenvalue weighted by molar-refractivity contribution is -0.162. The third kappa shape index (κ3) is 12.5. The predicted molar refractivity (Wildman–Crippen MR) is 170 cm³/mol. The molecule has 1 atom stereocenters. The summed E-state index contributed by atoms with van der Waals surface area (Å²) in [5, 5.41) is 0. The Labute approximate surface area is 265 Å². The summed E-state index contributed by atoms with van der Waals surface area (Å²) in [5.41, 5.74) is 2.51. The lowest BCUT2D eigenvalue weighted by atomic mass is 9.91. The van der Waals surface area contributed by atoms with Crippen LogP contribution in [0.4, 0.5) is 17.6 Å². The van der Waals surface area contributed by atoms with E-state index in [0.29, 0.717) is 32.7 Å². The smallest absolute Gasteiger partial charge is 0.398 e. The SMILES string of the molecule is CCCCCCCCOc1ccc(-c2ccc(COc3ccc(C(=O)C(CCCCCOCC)C(F)(F)F)cc3F)cc2)cc1. The van der Waals surface area contributed by atoms with Crippen LogP contribution in [0, 0.1) is 11.7 Å². The molecule has 0 aliphatic heterocycles. The van der Waals surface area contributed by atoms with Crippen LogP contribution in [0.25, 0.3) is 11.1 Å². The Morgan fingerprint density at radius 3 is 2.00 bits per heavy atom. The van der Waals surface area contributed by atoms with Crippen LogP contribution < -0.4 is 9.47 Å². The molecule has 0 N–H and O–H groups in total. The molecule has 0 aromatic heterocycles. The average Bonchev–Trinajstić information content (AvgIpc) is 3.03. The number of carbonyl (C=O) groups is 1. The maximum Gasteiger partial charge on any atom is 0.398 e. The van der Waals surface area contributed by atoms with Gasteiger partial charge in [0.2, 0.25) is 0 Å². The average molecular weight is 631 g/mol. The fourth-order valence-electron chi connectivity index (χ4n) is 5.06. The minimum atomic E-state index is -4.71. The van der Waals surface area contributed by atoms with Crippen LogP contribution in [-0.2, 0) is 11.3 Å². The van der Waals surface area contributed by atoms with Crippen LogP contribution in [0.2, 0.25) is 0 Å². The van der Waals surface area contributed by atoms with E-state index in [1.54, 1.807) is 0 Å². The molecular weight excluding hydrogens is 584 g/mol. The van der Waals surface area contributed by atoms with Gasteiger partial charge in [0.15, 0.2) is 17.3 Å². The van der Waals surface area contributed by atoms with E-state index in [1.807, 2.05) is 55.5 Å². The second-order valence-electron chi connectivity index (χ2n) is 11.3. The summed E-state index contributed by atoms with van der Waals surface area (Å²) in [6, 6.07) is 18.8. The van der Waals surface area contributed by atoms with Crippen molar-refractivity contribution >= 4 is 5.78 Å². The number of unbranched alkanes of at least 4 members (excludes halogenated alkanes) is 7. The van der Waals surface area contributed by atoms with E-state index in [4.69, 9.17) is 14.2 Å². The largest absolute Gasteiger partial charge is 0.494 e. The van der Waals surface area contributed by atoms with E-state index in [9.17, 15) is 22.4 Å². The number of benzene rings is 3. The number of hydrogen-bond acceptors (Lipinski definition) is 4. The maximum absolute atomic E-state index is 14.8. The zero-order chi connectivity index (χ0) is 32.5.